The fraction of sp³-hybridized carbons (Fsp3) is 0.273. The summed E-state index contributed by atoms with van der Waals surface area (Å²) in [6, 6.07) is 15.1. The number of nitrogens with one attached hydrogen (secondary N) is 1. The lowest BCUT2D eigenvalue weighted by Gasteiger charge is -2.27. The molecule has 0 aliphatic carbocycles. The molecule has 30 heavy (non-hydrogen) atoms. The quantitative estimate of drug-likeness (QED) is 0.623. The molecule has 1 N–H and O–H groups in total. The van der Waals surface area contributed by atoms with Crippen molar-refractivity contribution in [3.05, 3.63) is 70.3 Å². The van der Waals surface area contributed by atoms with E-state index in [0.29, 0.717) is 29.8 Å². The first-order valence-electron chi connectivity index (χ1n) is 9.76. The number of carbonyl (C=O) groups is 1. The number of anilines is 1. The third-order valence-corrected chi connectivity index (χ3v) is 5.38. The number of morpholine rings is 1. The van der Waals surface area contributed by atoms with E-state index in [1.165, 1.54) is 0 Å². The molecule has 0 atom stereocenters. The molecule has 0 unspecified atom stereocenters. The molecule has 1 aromatic heterocycles. The van der Waals surface area contributed by atoms with Crippen LogP contribution < -0.4 is 10.2 Å². The minimum Gasteiger partial charge on any atom is -0.378 e. The molecule has 3 aromatic rings. The summed E-state index contributed by atoms with van der Waals surface area (Å²) in [5, 5.41) is 8.96. The molecule has 0 spiro atoms. The van der Waals surface area contributed by atoms with E-state index in [9.17, 15) is 4.79 Å². The van der Waals surface area contributed by atoms with Crippen LogP contribution in [-0.2, 0) is 22.6 Å². The second kappa shape index (κ2) is 9.51. The zero-order valence-corrected chi connectivity index (χ0v) is 17.9. The van der Waals surface area contributed by atoms with Gasteiger partial charge in [-0.2, -0.15) is 5.10 Å². The van der Waals surface area contributed by atoms with Crippen LogP contribution >= 0.6 is 23.2 Å². The Morgan fingerprint density at radius 2 is 1.83 bits per heavy atom. The summed E-state index contributed by atoms with van der Waals surface area (Å²) >= 11 is 12.1. The van der Waals surface area contributed by atoms with Crippen molar-refractivity contribution in [2.24, 2.45) is 0 Å². The Balaban J connectivity index is 1.51. The third kappa shape index (κ3) is 5.14. The number of nitrogens with zero attached hydrogens (tertiary/aromatic N) is 3. The van der Waals surface area contributed by atoms with Gasteiger partial charge in [-0.1, -0.05) is 47.5 Å². The summed E-state index contributed by atoms with van der Waals surface area (Å²) in [6.45, 7) is 3.39. The average Bonchev–Trinajstić information content (AvgIpc) is 3.17. The highest BCUT2D eigenvalue weighted by atomic mass is 35.5. The predicted molar refractivity (Wildman–Crippen MR) is 119 cm³/mol. The molecular formula is C22H22Cl2N4O2. The summed E-state index contributed by atoms with van der Waals surface area (Å²) in [4.78, 5) is 14.7. The average molecular weight is 445 g/mol. The van der Waals surface area contributed by atoms with Crippen LogP contribution in [0.25, 0.3) is 11.1 Å². The minimum atomic E-state index is -0.117. The maximum absolute atomic E-state index is 12.5. The Hall–Kier alpha value is -2.54. The van der Waals surface area contributed by atoms with E-state index >= 15 is 0 Å². The van der Waals surface area contributed by atoms with Gasteiger partial charge in [-0.05, 0) is 35.4 Å². The van der Waals surface area contributed by atoms with Crippen molar-refractivity contribution in [2.75, 3.05) is 31.2 Å². The van der Waals surface area contributed by atoms with Gasteiger partial charge >= 0.3 is 0 Å². The standard InChI is InChI=1S/C22H22Cl2N4O2/c23-18-6-4-17(5-7-18)20-14-28(26-22(20)27-8-10-30-11-9-27)15-21(29)25-13-16-2-1-3-19(24)12-16/h1-7,12,14H,8-11,13,15H2,(H,25,29). The molecule has 156 valence electrons. The fourth-order valence-electron chi connectivity index (χ4n) is 3.38. The molecule has 1 saturated heterocycles. The van der Waals surface area contributed by atoms with E-state index in [1.807, 2.05) is 54.7 Å². The monoisotopic (exact) mass is 444 g/mol. The number of halogens is 2. The molecule has 0 bridgehead atoms. The Labute approximate surface area is 185 Å². The number of benzene rings is 2. The zero-order chi connectivity index (χ0) is 20.9. The van der Waals surface area contributed by atoms with E-state index in [-0.39, 0.29) is 12.5 Å². The number of aromatic nitrogens is 2. The molecular weight excluding hydrogens is 423 g/mol. The molecule has 1 amide bonds. The second-order valence-corrected chi connectivity index (χ2v) is 7.95. The SMILES string of the molecule is O=C(Cn1cc(-c2ccc(Cl)cc2)c(N2CCOCC2)n1)NCc1cccc(Cl)c1. The number of ether oxygens (including phenoxy) is 1. The normalized spacial score (nSPS) is 14.0. The van der Waals surface area contributed by atoms with Gasteiger partial charge < -0.3 is 15.0 Å². The summed E-state index contributed by atoms with van der Waals surface area (Å²) < 4.78 is 7.15. The van der Waals surface area contributed by atoms with Gasteiger partial charge in [-0.25, -0.2) is 0 Å². The molecule has 1 aliphatic heterocycles. The predicted octanol–water partition coefficient (Wildman–Crippen LogP) is 4.01. The van der Waals surface area contributed by atoms with Gasteiger partial charge in [0.2, 0.25) is 5.91 Å². The molecule has 8 heteroatoms. The highest BCUT2D eigenvalue weighted by Gasteiger charge is 2.20. The molecule has 1 fully saturated rings. The Morgan fingerprint density at radius 1 is 1.07 bits per heavy atom. The van der Waals surface area contributed by atoms with E-state index < -0.39 is 0 Å². The first kappa shape index (κ1) is 20.7. The molecule has 2 heterocycles. The van der Waals surface area contributed by atoms with Crippen molar-refractivity contribution < 1.29 is 9.53 Å². The number of carbonyl (C=O) groups excluding carboxylic acids is 1. The van der Waals surface area contributed by atoms with Crippen molar-refractivity contribution in [1.82, 2.24) is 15.1 Å². The molecule has 6 nitrogen and oxygen atoms in total. The number of hydrogen-bond acceptors (Lipinski definition) is 4. The van der Waals surface area contributed by atoms with Crippen LogP contribution in [0.2, 0.25) is 10.0 Å². The first-order chi connectivity index (χ1) is 14.6. The van der Waals surface area contributed by atoms with Crippen molar-refractivity contribution in [3.63, 3.8) is 0 Å². The fourth-order valence-corrected chi connectivity index (χ4v) is 3.72. The molecule has 0 radical (unpaired) electrons. The van der Waals surface area contributed by atoms with Crippen LogP contribution in [-0.4, -0.2) is 42.0 Å². The lowest BCUT2D eigenvalue weighted by Crippen LogP contribution is -2.37. The van der Waals surface area contributed by atoms with Crippen LogP contribution in [0.1, 0.15) is 5.56 Å². The largest absolute Gasteiger partial charge is 0.378 e. The van der Waals surface area contributed by atoms with Gasteiger partial charge in [0, 0.05) is 41.4 Å². The number of amides is 1. The van der Waals surface area contributed by atoms with Crippen LogP contribution in [0.15, 0.2) is 54.7 Å². The van der Waals surface area contributed by atoms with Gasteiger partial charge in [-0.15, -0.1) is 0 Å². The van der Waals surface area contributed by atoms with E-state index in [2.05, 4.69) is 10.2 Å². The van der Waals surface area contributed by atoms with Crippen molar-refractivity contribution >= 4 is 34.9 Å². The number of hydrogen-bond donors (Lipinski definition) is 1. The van der Waals surface area contributed by atoms with Gasteiger partial charge in [0.25, 0.3) is 0 Å². The lowest BCUT2D eigenvalue weighted by molar-refractivity contribution is -0.122. The first-order valence-corrected chi connectivity index (χ1v) is 10.5. The Kier molecular flexibility index (Phi) is 6.57. The van der Waals surface area contributed by atoms with Crippen molar-refractivity contribution in [2.45, 2.75) is 13.1 Å². The smallest absolute Gasteiger partial charge is 0.241 e. The summed E-state index contributed by atoms with van der Waals surface area (Å²) in [7, 11) is 0. The minimum absolute atomic E-state index is 0.117. The van der Waals surface area contributed by atoms with Crippen molar-refractivity contribution in [3.8, 4) is 11.1 Å². The zero-order valence-electron chi connectivity index (χ0n) is 16.4. The Bertz CT molecular complexity index is 1010. The summed E-state index contributed by atoms with van der Waals surface area (Å²) in [5.74, 6) is 0.733. The van der Waals surface area contributed by atoms with Crippen LogP contribution in [0, 0.1) is 0 Å². The molecule has 2 aromatic carbocycles. The van der Waals surface area contributed by atoms with Gasteiger partial charge in [0.05, 0.1) is 13.2 Å². The van der Waals surface area contributed by atoms with Crippen molar-refractivity contribution in [1.29, 1.82) is 0 Å². The summed E-state index contributed by atoms with van der Waals surface area (Å²) in [6.07, 6.45) is 1.91. The van der Waals surface area contributed by atoms with Gasteiger partial charge in [0.15, 0.2) is 5.82 Å². The molecule has 4 rings (SSSR count). The van der Waals surface area contributed by atoms with Gasteiger partial charge in [-0.3, -0.25) is 9.48 Å². The molecule has 1 aliphatic rings. The van der Waals surface area contributed by atoms with Crippen LogP contribution in [0.4, 0.5) is 5.82 Å². The second-order valence-electron chi connectivity index (χ2n) is 7.08. The highest BCUT2D eigenvalue weighted by molar-refractivity contribution is 6.30. The van der Waals surface area contributed by atoms with Gasteiger partial charge in [0.1, 0.15) is 6.54 Å². The van der Waals surface area contributed by atoms with E-state index in [0.717, 1.165) is 35.6 Å². The lowest BCUT2D eigenvalue weighted by atomic mass is 10.1. The van der Waals surface area contributed by atoms with Crippen LogP contribution in [0.5, 0.6) is 0 Å². The van der Waals surface area contributed by atoms with Crippen LogP contribution in [0.3, 0.4) is 0 Å². The Morgan fingerprint density at radius 3 is 2.57 bits per heavy atom. The maximum Gasteiger partial charge on any atom is 0.241 e. The topological polar surface area (TPSA) is 59.4 Å². The van der Waals surface area contributed by atoms with E-state index in [4.69, 9.17) is 33.0 Å². The molecule has 0 saturated carbocycles. The highest BCUT2D eigenvalue weighted by Crippen LogP contribution is 2.31. The van der Waals surface area contributed by atoms with E-state index in [1.54, 1.807) is 4.68 Å². The third-order valence-electron chi connectivity index (χ3n) is 4.89. The summed E-state index contributed by atoms with van der Waals surface area (Å²) in [5.41, 5.74) is 2.93. The maximum atomic E-state index is 12.5. The number of rotatable bonds is 6.